The van der Waals surface area contributed by atoms with E-state index in [0.29, 0.717) is 25.9 Å². The van der Waals surface area contributed by atoms with Crippen molar-refractivity contribution < 1.29 is 127 Å². The maximum atomic E-state index is 14.9. The molecule has 0 aromatic heterocycles. The van der Waals surface area contributed by atoms with Crippen molar-refractivity contribution in [1.82, 2.24) is 9.80 Å². The number of cyclic esters (lactones) is 2. The van der Waals surface area contributed by atoms with E-state index in [2.05, 4.69) is 10.3 Å². The first-order valence-electron chi connectivity index (χ1n) is 43.4. The molecule has 6 saturated heterocycles. The number of methoxy groups -OCH3 is 2. The topological polar surface area (TPSA) is 397 Å². The Morgan fingerprint density at radius 1 is 0.467 bits per heavy atom. The van der Waals surface area contributed by atoms with Gasteiger partial charge < -0.3 is 118 Å². The Morgan fingerprint density at radius 3 is 1.12 bits per heavy atom. The smallest absolute Gasteiger partial charge is 0.311 e. The fourth-order valence-corrected chi connectivity index (χ4v) is 19.3. The van der Waals surface area contributed by atoms with Crippen LogP contribution < -0.4 is 0 Å². The molecule has 684 valence electrons. The van der Waals surface area contributed by atoms with Crippen molar-refractivity contribution in [2.24, 2.45) is 57.7 Å². The van der Waals surface area contributed by atoms with Gasteiger partial charge in [-0.05, 0) is 147 Å². The lowest BCUT2D eigenvalue weighted by molar-refractivity contribution is -0.318. The Kier molecular flexibility index (Phi) is 35.8. The summed E-state index contributed by atoms with van der Waals surface area (Å²) in [5.74, 6) is -9.22. The zero-order valence-corrected chi connectivity index (χ0v) is 75.5. The van der Waals surface area contributed by atoms with Crippen molar-refractivity contribution in [1.29, 1.82) is 0 Å². The number of carbonyl (C=O) groups is 2. The molecule has 6 fully saturated rings. The Morgan fingerprint density at radius 2 is 0.800 bits per heavy atom. The number of carbonyl (C=O) groups excluding carboxylic acids is 2. The second-order valence-electron chi connectivity index (χ2n) is 37.1. The number of hydrogen-bond donors (Lipinski definition) is 10. The molecular weight excluding hydrogens is 1550 g/mol. The van der Waals surface area contributed by atoms with Crippen LogP contribution in [0.15, 0.2) is 83.1 Å². The molecule has 8 rings (SSSR count). The molecule has 0 bridgehead atoms. The van der Waals surface area contributed by atoms with E-state index in [-0.39, 0.29) is 63.2 Å². The molecule has 2 aromatic rings. The first-order chi connectivity index (χ1) is 56.1. The van der Waals surface area contributed by atoms with Crippen molar-refractivity contribution >= 4 is 23.4 Å². The van der Waals surface area contributed by atoms with Gasteiger partial charge in [-0.1, -0.05) is 139 Å². The molecule has 0 amide bonds. The number of oxime groups is 2. The van der Waals surface area contributed by atoms with Crippen LogP contribution in [0.25, 0.3) is 0 Å². The maximum absolute atomic E-state index is 14.9. The Labute approximate surface area is 711 Å². The molecule has 0 radical (unpaired) electrons. The van der Waals surface area contributed by atoms with E-state index in [1.807, 2.05) is 124 Å². The number of hydrogen-bond acceptors (Lipinski definition) is 30. The van der Waals surface area contributed by atoms with Crippen molar-refractivity contribution in [3.05, 3.63) is 83.9 Å². The molecule has 2 aromatic carbocycles. The van der Waals surface area contributed by atoms with Crippen LogP contribution in [-0.2, 0) is 89.3 Å². The monoisotopic (exact) mass is 1700 g/mol. The quantitative estimate of drug-likeness (QED) is 0.0271. The predicted octanol–water partition coefficient (Wildman–Crippen LogP) is 7.89. The fourth-order valence-electron chi connectivity index (χ4n) is 19.3. The molecule has 0 aliphatic carbocycles. The van der Waals surface area contributed by atoms with Crippen molar-refractivity contribution in [3.8, 4) is 0 Å². The third kappa shape index (κ3) is 23.9. The van der Waals surface area contributed by atoms with Gasteiger partial charge in [-0.15, -0.1) is 0 Å². The normalized spacial score (nSPS) is 44.8. The van der Waals surface area contributed by atoms with Gasteiger partial charge >= 0.3 is 11.9 Å². The summed E-state index contributed by atoms with van der Waals surface area (Å²) in [6, 6.07) is 17.5. The Hall–Kier alpha value is -4.82. The average molecular weight is 1700 g/mol. The van der Waals surface area contributed by atoms with Gasteiger partial charge in [0.15, 0.2) is 25.2 Å². The van der Waals surface area contributed by atoms with Gasteiger partial charge in [0.1, 0.15) is 61.0 Å². The van der Waals surface area contributed by atoms with E-state index < -0.39 is 228 Å². The first kappa shape index (κ1) is 101. The molecule has 30 nitrogen and oxygen atoms in total. The lowest BCUT2D eigenvalue weighted by Crippen LogP contribution is -2.61. The predicted molar refractivity (Wildman–Crippen MR) is 447 cm³/mol. The lowest BCUT2D eigenvalue weighted by atomic mass is 9.73. The number of ether oxygens (including phenoxy) is 12. The summed E-state index contributed by atoms with van der Waals surface area (Å²) >= 11 is 0. The summed E-state index contributed by atoms with van der Waals surface area (Å²) < 4.78 is 78.1. The minimum absolute atomic E-state index is 0.0180. The second-order valence-corrected chi connectivity index (χ2v) is 37.1. The summed E-state index contributed by atoms with van der Waals surface area (Å²) in [4.78, 5) is 45.9. The van der Waals surface area contributed by atoms with Crippen LogP contribution in [0, 0.1) is 47.3 Å². The second kappa shape index (κ2) is 42.7. The summed E-state index contributed by atoms with van der Waals surface area (Å²) in [5, 5.41) is 134. The van der Waals surface area contributed by atoms with Crippen LogP contribution >= 0.6 is 0 Å². The zero-order valence-electron chi connectivity index (χ0n) is 75.5. The molecule has 16 unspecified atom stereocenters. The Bertz CT molecular complexity index is 3370. The minimum Gasteiger partial charge on any atom is -0.459 e. The van der Waals surface area contributed by atoms with E-state index in [1.165, 1.54) is 28.1 Å². The molecule has 6 aliphatic rings. The highest BCUT2D eigenvalue weighted by atomic mass is 16.7. The molecule has 0 spiro atoms. The van der Waals surface area contributed by atoms with Crippen molar-refractivity contribution in [2.45, 2.75) is 372 Å². The summed E-state index contributed by atoms with van der Waals surface area (Å²) in [7, 11) is 6.69. The number of aliphatic hydroxyl groups excluding tert-OH is 6. The van der Waals surface area contributed by atoms with Crippen molar-refractivity contribution in [3.63, 3.8) is 0 Å². The van der Waals surface area contributed by atoms with E-state index in [0.717, 1.165) is 11.1 Å². The molecule has 120 heavy (non-hydrogen) atoms. The van der Waals surface area contributed by atoms with E-state index >= 15 is 0 Å². The van der Waals surface area contributed by atoms with Gasteiger partial charge in [-0.3, -0.25) is 19.4 Å². The minimum atomic E-state index is -2.04. The van der Waals surface area contributed by atoms with Crippen LogP contribution in [-0.4, -0.2) is 294 Å². The average Bonchev–Trinajstić information content (AvgIpc) is 0.771. The van der Waals surface area contributed by atoms with Gasteiger partial charge in [-0.2, -0.15) is 0 Å². The molecule has 0 saturated carbocycles. The Balaban J connectivity index is 1.07. The van der Waals surface area contributed by atoms with Gasteiger partial charge in [0.2, 0.25) is 0 Å². The highest BCUT2D eigenvalue weighted by Crippen LogP contribution is 2.45. The van der Waals surface area contributed by atoms with Crippen LogP contribution in [0.4, 0.5) is 0 Å². The summed E-state index contributed by atoms with van der Waals surface area (Å²) in [6.45, 7) is 34.5. The number of aliphatic hydroxyl groups is 10. The van der Waals surface area contributed by atoms with E-state index in [9.17, 15) is 60.7 Å². The first-order valence-corrected chi connectivity index (χ1v) is 43.4. The van der Waals surface area contributed by atoms with Crippen LogP contribution in [0.3, 0.4) is 0 Å². The molecule has 10 N–H and O–H groups in total. The molecular formula is C90H148N4O26. The van der Waals surface area contributed by atoms with Gasteiger partial charge in [0.05, 0.1) is 107 Å². The lowest BCUT2D eigenvalue weighted by Gasteiger charge is -2.49. The SMILES string of the molecule is CC[C@H]1OC(=O)[C@H](C)[C@@H](OC2CC(C)(OC)C(O)C(C)O2)[C@H](C)[C@@H](OC2OC(C)CC(N(C)C/C=C/CN(C)C3CC(C)OC(O[C@@H]4[C@@H](C)[C@H](OC5CC(C)(OC)C(O)C(C)O5)[C@@H](C)C(=O)O[C@H](CC)[C@@](C)(O)[C@H](O)[C@@H](C)/C(=N/OCc5ccccc5)[C@H](C)C[C@]4(C)O)C3O)C2O)[C@@](C)(O)C[C@@H](C)/C(=N\OCc2ccccc2)[C@H](C)[C@@H](O)[C@]1(C)O. The van der Waals surface area contributed by atoms with Crippen molar-refractivity contribution in [2.75, 3.05) is 41.4 Å². The highest BCUT2D eigenvalue weighted by molar-refractivity contribution is 5.89. The number of likely N-dealkylation sites (N-methyl/N-ethyl adjacent to an activating group) is 2. The standard InChI is InChI=1S/C90H148N4O26/c1-25-65-89(19,105)75(97)53(7)69(91-109-47-61-35-29-27-30-36-61)49(3)43-85(15,103)79(55(9)73(57(11)81(101)115-65)117-67-45-87(17,107-23)77(99)59(13)113-67)119-83-71(95)63(41-51(5)111-83)93(21)39-33-34-40-94(22)64-42-52(6)112-84(72(64)96)120-80-56(10)74(118-68-46-88(18,108-24)78(100)60(14)114-68)58(12)82(102)116-66(26-2)90(20,106)76(98)54(8)70(50(4)44-86(80,16)104)92-110-48-62-37-31-28-32-38-62/h27-38,49-60,63-68,71-80,83-84,95-100,103-106H,25-26,39-48H2,1-24H3/b34-33+,91-69+,92-70+/t49-,50-,51?,52?,53+,54+,55+,56+,57-,58-,59?,60?,63?,64?,65-,66-,67?,68?,71?,72?,73+,74+,75-,76-,77?,78?,79-,80-,83?,84?,85+,86+,87?,88?,89-,90-/m1/s1. The largest absolute Gasteiger partial charge is 0.459 e. The maximum Gasteiger partial charge on any atom is 0.311 e. The van der Waals surface area contributed by atoms with Crippen LogP contribution in [0.1, 0.15) is 201 Å². The van der Waals surface area contributed by atoms with E-state index in [4.69, 9.17) is 66.5 Å². The van der Waals surface area contributed by atoms with Gasteiger partial charge in [-0.25, -0.2) is 0 Å². The van der Waals surface area contributed by atoms with Gasteiger partial charge in [0.25, 0.3) is 0 Å². The van der Waals surface area contributed by atoms with Crippen LogP contribution in [0.2, 0.25) is 0 Å². The fraction of sp³-hybridized carbons (Fsp3) is 0.800. The molecule has 6 aliphatic heterocycles. The van der Waals surface area contributed by atoms with Crippen LogP contribution in [0.5, 0.6) is 0 Å². The molecule has 36 atom stereocenters. The number of esters is 2. The number of benzene rings is 2. The van der Waals surface area contributed by atoms with E-state index in [1.54, 1.807) is 96.9 Å². The third-order valence-corrected chi connectivity index (χ3v) is 27.0. The van der Waals surface area contributed by atoms with Gasteiger partial charge in [0, 0.05) is 87.7 Å². The third-order valence-electron chi connectivity index (χ3n) is 27.0. The highest BCUT2D eigenvalue weighted by Gasteiger charge is 2.57. The number of nitrogens with zero attached hydrogens (tertiary/aromatic N) is 4. The molecule has 30 heteroatoms. The molecule has 6 heterocycles. The summed E-state index contributed by atoms with van der Waals surface area (Å²) in [6.07, 6.45) is -18.6. The summed E-state index contributed by atoms with van der Waals surface area (Å²) in [5.41, 5.74) is -8.02. The number of rotatable bonds is 24. The zero-order chi connectivity index (χ0) is 89.2.